The number of anilines is 1. The fraction of sp³-hybridized carbons (Fsp3) is 0.267. The van der Waals surface area contributed by atoms with Crippen LogP contribution in [0.1, 0.15) is 24.4 Å². The Morgan fingerprint density at radius 1 is 1.17 bits per heavy atom. The van der Waals surface area contributed by atoms with Crippen molar-refractivity contribution in [3.63, 3.8) is 0 Å². The van der Waals surface area contributed by atoms with Gasteiger partial charge >= 0.3 is 0 Å². The molecule has 23 heavy (non-hydrogen) atoms. The monoisotopic (exact) mass is 400 g/mol. The van der Waals surface area contributed by atoms with E-state index in [1.165, 1.54) is 41.7 Å². The van der Waals surface area contributed by atoms with Crippen LogP contribution in [0.15, 0.2) is 50.4 Å². The highest BCUT2D eigenvalue weighted by atomic mass is 79.9. The minimum absolute atomic E-state index is 0.142. The van der Waals surface area contributed by atoms with Gasteiger partial charge in [0.25, 0.3) is 5.91 Å². The van der Waals surface area contributed by atoms with Gasteiger partial charge in [0.05, 0.1) is 4.90 Å². The smallest absolute Gasteiger partial charge is 0.291 e. The largest absolute Gasteiger partial charge is 0.444 e. The minimum Gasteiger partial charge on any atom is -0.444 e. The zero-order valence-corrected chi connectivity index (χ0v) is 15.3. The molecule has 0 spiro atoms. The number of rotatable bonds is 5. The summed E-state index contributed by atoms with van der Waals surface area (Å²) < 4.78 is 31.6. The molecule has 1 amide bonds. The number of sulfonamides is 1. The molecular weight excluding hydrogens is 384 g/mol. The van der Waals surface area contributed by atoms with Crippen LogP contribution in [0, 0.1) is 0 Å². The number of amides is 1. The summed E-state index contributed by atoms with van der Waals surface area (Å²) in [5.74, 6) is -0.251. The second-order valence-electron chi connectivity index (χ2n) is 5.20. The summed E-state index contributed by atoms with van der Waals surface area (Å²) >= 11 is 3.12. The van der Waals surface area contributed by atoms with Gasteiger partial charge in [0, 0.05) is 18.8 Å². The number of nitrogens with zero attached hydrogens (tertiary/aromatic N) is 1. The number of hydrogen-bond acceptors (Lipinski definition) is 4. The van der Waals surface area contributed by atoms with Crippen molar-refractivity contribution in [2.75, 3.05) is 12.4 Å². The van der Waals surface area contributed by atoms with Crippen LogP contribution in [0.5, 0.6) is 0 Å². The summed E-state index contributed by atoms with van der Waals surface area (Å²) in [6.45, 7) is 3.60. The van der Waals surface area contributed by atoms with Gasteiger partial charge in [-0.3, -0.25) is 4.79 Å². The Hall–Kier alpha value is -1.64. The van der Waals surface area contributed by atoms with Gasteiger partial charge in [-0.15, -0.1) is 0 Å². The molecule has 1 aromatic heterocycles. The molecule has 0 aliphatic carbocycles. The van der Waals surface area contributed by atoms with E-state index in [1.807, 2.05) is 0 Å². The molecule has 2 aromatic rings. The second-order valence-corrected chi connectivity index (χ2v) is 7.98. The predicted molar refractivity (Wildman–Crippen MR) is 90.9 cm³/mol. The van der Waals surface area contributed by atoms with Crippen LogP contribution in [-0.2, 0) is 10.0 Å². The molecule has 6 nitrogen and oxygen atoms in total. The zero-order valence-electron chi connectivity index (χ0n) is 12.9. The molecule has 1 N–H and O–H groups in total. The van der Waals surface area contributed by atoms with Crippen LogP contribution in [0.2, 0.25) is 0 Å². The van der Waals surface area contributed by atoms with Gasteiger partial charge in [-0.1, -0.05) is 0 Å². The van der Waals surface area contributed by atoms with Crippen LogP contribution >= 0.6 is 15.9 Å². The molecule has 124 valence electrons. The number of furan rings is 1. The van der Waals surface area contributed by atoms with E-state index in [-0.39, 0.29) is 16.7 Å². The lowest BCUT2D eigenvalue weighted by Gasteiger charge is -2.21. The predicted octanol–water partition coefficient (Wildman–Crippen LogP) is 3.32. The second kappa shape index (κ2) is 6.86. The summed E-state index contributed by atoms with van der Waals surface area (Å²) in [5, 5.41) is 2.64. The highest BCUT2D eigenvalue weighted by molar-refractivity contribution is 9.10. The fourth-order valence-corrected chi connectivity index (χ4v) is 3.46. The van der Waals surface area contributed by atoms with Crippen molar-refractivity contribution in [3.05, 3.63) is 46.8 Å². The van der Waals surface area contributed by atoms with Crippen molar-refractivity contribution < 1.29 is 17.6 Å². The maximum Gasteiger partial charge on any atom is 0.291 e. The molecule has 0 fully saturated rings. The fourth-order valence-electron chi connectivity index (χ4n) is 1.78. The Morgan fingerprint density at radius 2 is 1.78 bits per heavy atom. The molecule has 0 radical (unpaired) electrons. The first-order chi connectivity index (χ1) is 10.7. The van der Waals surface area contributed by atoms with Crippen molar-refractivity contribution in [1.82, 2.24) is 4.31 Å². The minimum atomic E-state index is -3.54. The van der Waals surface area contributed by atoms with Gasteiger partial charge in [0.1, 0.15) is 0 Å². The van der Waals surface area contributed by atoms with Crippen LogP contribution < -0.4 is 5.32 Å². The van der Waals surface area contributed by atoms with E-state index in [4.69, 9.17) is 4.42 Å². The van der Waals surface area contributed by atoms with Gasteiger partial charge in [-0.2, -0.15) is 4.31 Å². The van der Waals surface area contributed by atoms with Crippen molar-refractivity contribution in [1.29, 1.82) is 0 Å². The number of nitrogens with one attached hydrogen (secondary N) is 1. The van der Waals surface area contributed by atoms with Crippen LogP contribution in [0.25, 0.3) is 0 Å². The molecule has 1 aromatic carbocycles. The third kappa shape index (κ3) is 4.01. The molecule has 1 heterocycles. The first-order valence-electron chi connectivity index (χ1n) is 6.86. The lowest BCUT2D eigenvalue weighted by atomic mass is 10.3. The number of carbonyl (C=O) groups excluding carboxylic acids is 1. The molecule has 0 aliphatic rings. The SMILES string of the molecule is CC(C)N(C)S(=O)(=O)c1ccc(NC(=O)c2ccc(Br)o2)cc1. The van der Waals surface area contributed by atoms with Gasteiger partial charge in [-0.05, 0) is 66.2 Å². The first-order valence-corrected chi connectivity index (χ1v) is 9.10. The Balaban J connectivity index is 2.15. The lowest BCUT2D eigenvalue weighted by Crippen LogP contribution is -2.33. The highest BCUT2D eigenvalue weighted by Gasteiger charge is 2.23. The maximum atomic E-state index is 12.3. The van der Waals surface area contributed by atoms with Gasteiger partial charge in [0.2, 0.25) is 10.0 Å². The Bertz CT molecular complexity index is 797. The van der Waals surface area contributed by atoms with E-state index in [0.717, 1.165) is 0 Å². The number of benzene rings is 1. The van der Waals surface area contributed by atoms with Crippen molar-refractivity contribution >= 4 is 37.5 Å². The van der Waals surface area contributed by atoms with Crippen molar-refractivity contribution in [3.8, 4) is 0 Å². The molecule has 2 rings (SSSR count). The maximum absolute atomic E-state index is 12.3. The summed E-state index contributed by atoms with van der Waals surface area (Å²) in [6, 6.07) is 9.01. The molecule has 0 saturated carbocycles. The highest BCUT2D eigenvalue weighted by Crippen LogP contribution is 2.20. The lowest BCUT2D eigenvalue weighted by molar-refractivity contribution is 0.0995. The van der Waals surface area contributed by atoms with Crippen molar-refractivity contribution in [2.45, 2.75) is 24.8 Å². The average molecular weight is 401 g/mol. The van der Waals surface area contributed by atoms with E-state index in [9.17, 15) is 13.2 Å². The average Bonchev–Trinajstić information content (AvgIpc) is 2.93. The van der Waals surface area contributed by atoms with E-state index in [0.29, 0.717) is 10.4 Å². The molecule has 0 atom stereocenters. The molecular formula is C15H17BrN2O4S. The summed E-state index contributed by atoms with van der Waals surface area (Å²) in [7, 11) is -2.00. The molecule has 0 aliphatic heterocycles. The molecule has 0 saturated heterocycles. The number of hydrogen-bond donors (Lipinski definition) is 1. The van der Waals surface area contributed by atoms with Gasteiger partial charge < -0.3 is 9.73 Å². The van der Waals surface area contributed by atoms with E-state index in [1.54, 1.807) is 19.9 Å². The van der Waals surface area contributed by atoms with Crippen molar-refractivity contribution in [2.24, 2.45) is 0 Å². The summed E-state index contributed by atoms with van der Waals surface area (Å²) in [4.78, 5) is 12.1. The van der Waals surface area contributed by atoms with Gasteiger partial charge in [0.15, 0.2) is 10.4 Å². The number of carbonyl (C=O) groups is 1. The standard InChI is InChI=1S/C15H17BrN2O4S/c1-10(2)18(3)23(20,21)12-6-4-11(5-7-12)17-15(19)13-8-9-14(16)22-13/h4-10H,1-3H3,(H,17,19). The topological polar surface area (TPSA) is 79.6 Å². The van der Waals surface area contributed by atoms with E-state index in [2.05, 4.69) is 21.2 Å². The van der Waals surface area contributed by atoms with Crippen LogP contribution in [0.4, 0.5) is 5.69 Å². The third-order valence-corrected chi connectivity index (χ3v) is 5.79. The van der Waals surface area contributed by atoms with Crippen LogP contribution in [-0.4, -0.2) is 31.7 Å². The molecule has 8 heteroatoms. The first kappa shape index (κ1) is 17.7. The Morgan fingerprint density at radius 3 is 2.26 bits per heavy atom. The Kier molecular flexibility index (Phi) is 5.28. The summed E-state index contributed by atoms with van der Waals surface area (Å²) in [5.41, 5.74) is 0.480. The summed E-state index contributed by atoms with van der Waals surface area (Å²) in [6.07, 6.45) is 0. The normalized spacial score (nSPS) is 11.9. The zero-order chi connectivity index (χ0) is 17.2. The molecule has 0 unspecified atom stereocenters. The van der Waals surface area contributed by atoms with E-state index < -0.39 is 15.9 Å². The number of halogens is 1. The molecule has 0 bridgehead atoms. The quantitative estimate of drug-likeness (QED) is 0.834. The van der Waals surface area contributed by atoms with Gasteiger partial charge in [-0.25, -0.2) is 8.42 Å². The van der Waals surface area contributed by atoms with E-state index >= 15 is 0 Å². The Labute approximate surface area is 143 Å². The third-order valence-electron chi connectivity index (χ3n) is 3.31. The van der Waals surface area contributed by atoms with Crippen LogP contribution in [0.3, 0.4) is 0 Å².